The quantitative estimate of drug-likeness (QED) is 0.0750. The van der Waals surface area contributed by atoms with Crippen molar-refractivity contribution in [2.24, 2.45) is 0 Å². The SMILES string of the molecule is CN(CCNC(=O)CCOCCNC(=O)COc1cccc2c1C(=O)N(C1CCC(=O)NC1=O)C2=O)C(=O)c1ccc(-c2cc(C(=O)N[C@@H]3CCc4ccccc43)no2)cc1O. The van der Waals surface area contributed by atoms with Gasteiger partial charge in [-0.15, -0.1) is 0 Å². The highest BCUT2D eigenvalue weighted by Gasteiger charge is 2.46. The topological polar surface area (TPSA) is 256 Å². The molecule has 0 spiro atoms. The third-order valence-corrected chi connectivity index (χ3v) is 10.6. The lowest BCUT2D eigenvalue weighted by molar-refractivity contribution is -0.136. The molecule has 4 aromatic rings. The van der Waals surface area contributed by atoms with Crippen LogP contribution in [0, 0.1) is 0 Å². The molecule has 1 unspecified atom stereocenters. The number of phenols is 1. The van der Waals surface area contributed by atoms with Gasteiger partial charge in [-0.05, 0) is 54.7 Å². The number of ether oxygens (including phenoxy) is 2. The summed E-state index contributed by atoms with van der Waals surface area (Å²) in [5, 5.41) is 25.0. The monoisotopic (exact) mass is 849 g/mol. The van der Waals surface area contributed by atoms with E-state index in [4.69, 9.17) is 14.0 Å². The van der Waals surface area contributed by atoms with Crippen LogP contribution in [0.4, 0.5) is 0 Å². The number of aromatic nitrogens is 1. The highest BCUT2D eigenvalue weighted by molar-refractivity contribution is 6.24. The normalized spacial score (nSPS) is 16.6. The smallest absolute Gasteiger partial charge is 0.273 e. The minimum atomic E-state index is -1.14. The fourth-order valence-electron chi connectivity index (χ4n) is 7.41. The van der Waals surface area contributed by atoms with Crippen molar-refractivity contribution in [2.75, 3.05) is 46.5 Å². The Labute approximate surface area is 354 Å². The predicted molar refractivity (Wildman–Crippen MR) is 216 cm³/mol. The van der Waals surface area contributed by atoms with Gasteiger partial charge in [-0.3, -0.25) is 48.6 Å². The van der Waals surface area contributed by atoms with Crippen molar-refractivity contribution in [3.8, 4) is 22.8 Å². The molecule has 1 saturated heterocycles. The molecule has 1 aromatic heterocycles. The van der Waals surface area contributed by atoms with Gasteiger partial charge in [0, 0.05) is 51.2 Å². The molecule has 3 aromatic carbocycles. The molecular weight excluding hydrogens is 807 g/mol. The van der Waals surface area contributed by atoms with Gasteiger partial charge in [0.05, 0.1) is 35.9 Å². The molecule has 5 N–H and O–H groups in total. The summed E-state index contributed by atoms with van der Waals surface area (Å²) in [6, 6.07) is 16.8. The van der Waals surface area contributed by atoms with Gasteiger partial charge in [-0.2, -0.15) is 0 Å². The maximum Gasteiger partial charge on any atom is 0.273 e. The van der Waals surface area contributed by atoms with E-state index in [1.54, 1.807) is 6.07 Å². The minimum absolute atomic E-state index is 0.00249. The molecule has 0 saturated carbocycles. The molecule has 2 atom stereocenters. The maximum absolute atomic E-state index is 13.2. The molecule has 322 valence electrons. The third kappa shape index (κ3) is 9.47. The van der Waals surface area contributed by atoms with E-state index in [0.29, 0.717) is 5.56 Å². The third-order valence-electron chi connectivity index (χ3n) is 10.6. The van der Waals surface area contributed by atoms with Crippen LogP contribution in [0.25, 0.3) is 11.3 Å². The largest absolute Gasteiger partial charge is 0.507 e. The fourth-order valence-corrected chi connectivity index (χ4v) is 7.41. The number of aryl methyl sites for hydroxylation is 1. The van der Waals surface area contributed by atoms with E-state index in [2.05, 4.69) is 26.4 Å². The highest BCUT2D eigenvalue weighted by Crippen LogP contribution is 2.34. The molecule has 19 heteroatoms. The van der Waals surface area contributed by atoms with Gasteiger partial charge >= 0.3 is 0 Å². The molecule has 8 amide bonds. The summed E-state index contributed by atoms with van der Waals surface area (Å²) in [7, 11) is 1.53. The number of aromatic hydroxyl groups is 1. The van der Waals surface area contributed by atoms with Gasteiger partial charge < -0.3 is 40.0 Å². The standard InChI is InChI=1S/C43H43N7O12/c1-49(41(57)27-11-9-25(21-32(27)51)34-22-30(48-62-34)39(55)46-29-12-10-24-5-2-3-6-26(24)29)18-16-44-35(52)15-19-60-20-17-45-37(54)23-61-33-8-4-7-28-38(33)43(59)50(42(28)58)31-13-14-36(53)47-40(31)56/h2-9,11,21-22,29,31,51H,10,12-20,23H2,1H3,(H,44,52)(H,45,54)(H,46,55)(H,47,53,56)/t29-,31?/m1/s1. The van der Waals surface area contributed by atoms with Crippen LogP contribution in [0.5, 0.6) is 11.5 Å². The van der Waals surface area contributed by atoms with Crippen LogP contribution in [0.3, 0.4) is 0 Å². The lowest BCUT2D eigenvalue weighted by Gasteiger charge is -2.27. The summed E-state index contributed by atoms with van der Waals surface area (Å²) in [5.74, 6) is -4.50. The van der Waals surface area contributed by atoms with E-state index in [1.165, 1.54) is 53.9 Å². The van der Waals surface area contributed by atoms with Crippen LogP contribution >= 0.6 is 0 Å². The van der Waals surface area contributed by atoms with E-state index >= 15 is 0 Å². The molecule has 1 aliphatic carbocycles. The second-order valence-corrected chi connectivity index (χ2v) is 14.8. The van der Waals surface area contributed by atoms with Crippen LogP contribution < -0.4 is 26.0 Å². The zero-order valence-corrected chi connectivity index (χ0v) is 33.6. The Bertz CT molecular complexity index is 2450. The first-order valence-electron chi connectivity index (χ1n) is 19.9. The number of likely N-dealkylation sites (N-methyl/N-ethyl adjacent to an activating group) is 1. The zero-order chi connectivity index (χ0) is 43.9. The van der Waals surface area contributed by atoms with Gasteiger partial charge in [0.1, 0.15) is 17.5 Å². The Hall–Kier alpha value is -7.41. The summed E-state index contributed by atoms with van der Waals surface area (Å²) < 4.78 is 16.4. The van der Waals surface area contributed by atoms with Crippen molar-refractivity contribution in [1.82, 2.24) is 36.2 Å². The number of hydrogen-bond acceptors (Lipinski definition) is 13. The molecule has 3 heterocycles. The van der Waals surface area contributed by atoms with Crippen molar-refractivity contribution in [1.29, 1.82) is 0 Å². The summed E-state index contributed by atoms with van der Waals surface area (Å²) in [4.78, 5) is 103. The zero-order valence-electron chi connectivity index (χ0n) is 33.6. The van der Waals surface area contributed by atoms with E-state index < -0.39 is 48.1 Å². The maximum atomic E-state index is 13.2. The van der Waals surface area contributed by atoms with Crippen molar-refractivity contribution in [2.45, 2.75) is 44.2 Å². The fraction of sp³-hybridized carbons (Fsp3) is 0.326. The van der Waals surface area contributed by atoms with Crippen molar-refractivity contribution >= 4 is 47.3 Å². The Balaban J connectivity index is 0.769. The van der Waals surface area contributed by atoms with Gasteiger partial charge in [-0.25, -0.2) is 0 Å². The number of rotatable bonds is 17. The predicted octanol–water partition coefficient (Wildman–Crippen LogP) is 1.66. The number of carbonyl (C=O) groups excluding carboxylic acids is 8. The number of hydrogen-bond donors (Lipinski definition) is 5. The van der Waals surface area contributed by atoms with Crippen molar-refractivity contribution in [3.63, 3.8) is 0 Å². The van der Waals surface area contributed by atoms with E-state index in [0.717, 1.165) is 23.3 Å². The Morgan fingerprint density at radius 3 is 2.53 bits per heavy atom. The van der Waals surface area contributed by atoms with Gasteiger partial charge in [-0.1, -0.05) is 41.6 Å². The number of nitrogens with one attached hydrogen (secondary N) is 4. The second kappa shape index (κ2) is 18.9. The summed E-state index contributed by atoms with van der Waals surface area (Å²) >= 11 is 0. The average Bonchev–Trinajstić information content (AvgIpc) is 3.98. The number of phenolic OH excluding ortho intramolecular Hbond substituents is 1. The molecule has 1 fully saturated rings. The lowest BCUT2D eigenvalue weighted by Crippen LogP contribution is -2.54. The summed E-state index contributed by atoms with van der Waals surface area (Å²) in [6.45, 7) is 0.00455. The van der Waals surface area contributed by atoms with Crippen LogP contribution in [-0.2, 0) is 30.3 Å². The Morgan fingerprint density at radius 1 is 0.919 bits per heavy atom. The molecule has 19 nitrogen and oxygen atoms in total. The number of imide groups is 2. The number of piperidine rings is 1. The van der Waals surface area contributed by atoms with Gasteiger partial charge in [0.25, 0.3) is 29.5 Å². The number of benzene rings is 3. The summed E-state index contributed by atoms with van der Waals surface area (Å²) in [5.41, 5.74) is 2.76. The van der Waals surface area contributed by atoms with E-state index in [1.807, 2.05) is 24.3 Å². The number of fused-ring (bicyclic) bond motifs is 2. The molecule has 7 rings (SSSR count). The van der Waals surface area contributed by atoms with Crippen LogP contribution in [0.1, 0.15) is 84.4 Å². The molecule has 3 aliphatic rings. The molecular formula is C43H43N7O12. The van der Waals surface area contributed by atoms with Crippen molar-refractivity contribution < 1.29 is 57.5 Å². The van der Waals surface area contributed by atoms with E-state index in [9.17, 15) is 43.5 Å². The van der Waals surface area contributed by atoms with Gasteiger partial charge in [0.2, 0.25) is 17.7 Å². The lowest BCUT2D eigenvalue weighted by atomic mass is 10.0. The number of amides is 8. The molecule has 0 bridgehead atoms. The Morgan fingerprint density at radius 2 is 1.73 bits per heavy atom. The molecule has 2 aliphatic heterocycles. The van der Waals surface area contributed by atoms with Crippen molar-refractivity contribution in [3.05, 3.63) is 100 Å². The molecule has 0 radical (unpaired) electrons. The Kier molecular flexibility index (Phi) is 13.0. The number of carbonyl (C=O) groups is 8. The summed E-state index contributed by atoms with van der Waals surface area (Å²) in [6.07, 6.45) is 1.66. The average molecular weight is 850 g/mol. The second-order valence-electron chi connectivity index (χ2n) is 14.8. The van der Waals surface area contributed by atoms with Crippen LogP contribution in [-0.4, -0.2) is 120 Å². The minimum Gasteiger partial charge on any atom is -0.507 e. The molecule has 62 heavy (non-hydrogen) atoms. The van der Waals surface area contributed by atoms with E-state index in [-0.39, 0.29) is 110 Å². The first-order chi connectivity index (χ1) is 29.9. The first-order valence-corrected chi connectivity index (χ1v) is 19.9. The van der Waals surface area contributed by atoms with Crippen LogP contribution in [0.2, 0.25) is 0 Å². The highest BCUT2D eigenvalue weighted by atomic mass is 16.5. The van der Waals surface area contributed by atoms with Gasteiger partial charge in [0.15, 0.2) is 18.1 Å². The van der Waals surface area contributed by atoms with Crippen LogP contribution in [0.15, 0.2) is 71.3 Å². The number of nitrogens with zero attached hydrogens (tertiary/aromatic N) is 3. The first kappa shape index (κ1) is 42.7.